The van der Waals surface area contributed by atoms with Gasteiger partial charge in [-0.3, -0.25) is 9.78 Å². The van der Waals surface area contributed by atoms with Gasteiger partial charge in [-0.05, 0) is 62.1 Å². The van der Waals surface area contributed by atoms with E-state index in [0.29, 0.717) is 5.69 Å². The number of rotatable bonds is 8. The van der Waals surface area contributed by atoms with E-state index in [4.69, 9.17) is 0 Å². The minimum absolute atomic E-state index is 0.168. The van der Waals surface area contributed by atoms with E-state index in [-0.39, 0.29) is 5.91 Å². The Hall–Kier alpha value is -2.56. The molecular formula is C22H30N4O. The summed E-state index contributed by atoms with van der Waals surface area (Å²) in [4.78, 5) is 21.6. The van der Waals surface area contributed by atoms with Gasteiger partial charge in [0.2, 0.25) is 0 Å². The summed E-state index contributed by atoms with van der Waals surface area (Å²) < 4.78 is 0. The van der Waals surface area contributed by atoms with Gasteiger partial charge < -0.3 is 15.1 Å². The van der Waals surface area contributed by atoms with Crippen molar-refractivity contribution in [2.45, 2.75) is 39.5 Å². The molecule has 0 bridgehead atoms. The Bertz CT molecular complexity index is 732. The summed E-state index contributed by atoms with van der Waals surface area (Å²) in [6, 6.07) is 12.0. The van der Waals surface area contributed by atoms with Crippen molar-refractivity contribution in [1.29, 1.82) is 0 Å². The van der Waals surface area contributed by atoms with E-state index in [0.717, 1.165) is 50.4 Å². The quantitative estimate of drug-likeness (QED) is 0.744. The van der Waals surface area contributed by atoms with Crippen LogP contribution in [0.2, 0.25) is 0 Å². The lowest BCUT2D eigenvalue weighted by atomic mass is 10.2. The van der Waals surface area contributed by atoms with Crippen LogP contribution in [0.25, 0.3) is 0 Å². The first kappa shape index (κ1) is 19.2. The predicted octanol–water partition coefficient (Wildman–Crippen LogP) is 4.56. The molecular weight excluding hydrogens is 336 g/mol. The van der Waals surface area contributed by atoms with Crippen molar-refractivity contribution in [3.05, 3.63) is 48.3 Å². The minimum Gasteiger partial charge on any atom is -0.372 e. The highest BCUT2D eigenvalue weighted by atomic mass is 16.1. The van der Waals surface area contributed by atoms with Gasteiger partial charge in [0.1, 0.15) is 5.69 Å². The first-order valence-electron chi connectivity index (χ1n) is 10.1. The predicted molar refractivity (Wildman–Crippen MR) is 113 cm³/mol. The smallest absolute Gasteiger partial charge is 0.274 e. The van der Waals surface area contributed by atoms with E-state index in [9.17, 15) is 4.79 Å². The molecule has 0 atom stereocenters. The summed E-state index contributed by atoms with van der Waals surface area (Å²) in [5.41, 5.74) is 3.53. The molecule has 0 unspecified atom stereocenters. The van der Waals surface area contributed by atoms with Crippen LogP contribution in [0.5, 0.6) is 0 Å². The van der Waals surface area contributed by atoms with Crippen LogP contribution < -0.4 is 15.1 Å². The molecule has 0 radical (unpaired) electrons. The van der Waals surface area contributed by atoms with E-state index in [1.54, 1.807) is 6.20 Å². The summed E-state index contributed by atoms with van der Waals surface area (Å²) in [7, 11) is 0. The Balaban J connectivity index is 1.67. The second-order valence-electron chi connectivity index (χ2n) is 7.08. The standard InChI is InChI=1S/C22H30N4O/c1-3-13-25(14-4-2)20-11-12-23-21(17-20)22(27)24-18-7-9-19(10-8-18)26-15-5-6-16-26/h7-12,17H,3-6,13-16H2,1-2H3,(H,24,27). The molecule has 1 amide bonds. The number of hydrogen-bond donors (Lipinski definition) is 1. The highest BCUT2D eigenvalue weighted by molar-refractivity contribution is 6.03. The highest BCUT2D eigenvalue weighted by Crippen LogP contribution is 2.22. The summed E-state index contributed by atoms with van der Waals surface area (Å²) in [6.45, 7) is 8.54. The zero-order valence-corrected chi connectivity index (χ0v) is 16.4. The molecule has 0 spiro atoms. The van der Waals surface area contributed by atoms with Crippen molar-refractivity contribution >= 4 is 23.0 Å². The maximum atomic E-state index is 12.6. The van der Waals surface area contributed by atoms with E-state index in [1.807, 2.05) is 24.3 Å². The Labute approximate surface area is 162 Å². The first-order valence-corrected chi connectivity index (χ1v) is 10.1. The van der Waals surface area contributed by atoms with Crippen molar-refractivity contribution in [1.82, 2.24) is 4.98 Å². The molecule has 1 saturated heterocycles. The molecule has 144 valence electrons. The number of anilines is 3. The zero-order valence-electron chi connectivity index (χ0n) is 16.4. The van der Waals surface area contributed by atoms with Crippen LogP contribution >= 0.6 is 0 Å². The zero-order chi connectivity index (χ0) is 19.1. The number of nitrogens with zero attached hydrogens (tertiary/aromatic N) is 3. The maximum absolute atomic E-state index is 12.6. The molecule has 1 fully saturated rings. The molecule has 0 saturated carbocycles. The lowest BCUT2D eigenvalue weighted by molar-refractivity contribution is 0.102. The van der Waals surface area contributed by atoms with Crippen LogP contribution in [0.15, 0.2) is 42.6 Å². The third kappa shape index (κ3) is 5.00. The van der Waals surface area contributed by atoms with Gasteiger partial charge in [0.25, 0.3) is 5.91 Å². The first-order chi connectivity index (χ1) is 13.2. The Morgan fingerprint density at radius 2 is 1.74 bits per heavy atom. The number of aromatic nitrogens is 1. The lowest BCUT2D eigenvalue weighted by Gasteiger charge is -2.24. The number of nitrogens with one attached hydrogen (secondary N) is 1. The number of carbonyl (C=O) groups is 1. The summed E-state index contributed by atoms with van der Waals surface area (Å²) in [5.74, 6) is -0.168. The molecule has 2 aromatic rings. The molecule has 0 aliphatic carbocycles. The molecule has 27 heavy (non-hydrogen) atoms. The van der Waals surface area contributed by atoms with Gasteiger partial charge in [-0.2, -0.15) is 0 Å². The number of benzene rings is 1. The van der Waals surface area contributed by atoms with E-state index in [1.165, 1.54) is 18.5 Å². The molecule has 1 aliphatic rings. The summed E-state index contributed by atoms with van der Waals surface area (Å²) in [6.07, 6.45) is 6.39. The molecule has 5 nitrogen and oxygen atoms in total. The third-order valence-electron chi connectivity index (χ3n) is 4.92. The van der Waals surface area contributed by atoms with Crippen LogP contribution in [0, 0.1) is 0 Å². The minimum atomic E-state index is -0.168. The van der Waals surface area contributed by atoms with Crippen LogP contribution in [-0.2, 0) is 0 Å². The van der Waals surface area contributed by atoms with E-state index in [2.05, 4.69) is 46.1 Å². The van der Waals surface area contributed by atoms with Crippen molar-refractivity contribution in [2.75, 3.05) is 41.3 Å². The molecule has 5 heteroatoms. The van der Waals surface area contributed by atoms with Gasteiger partial charge >= 0.3 is 0 Å². The van der Waals surface area contributed by atoms with Crippen molar-refractivity contribution in [3.8, 4) is 0 Å². The third-order valence-corrected chi connectivity index (χ3v) is 4.92. The monoisotopic (exact) mass is 366 g/mol. The molecule has 1 aliphatic heterocycles. The number of carbonyl (C=O) groups excluding carboxylic acids is 1. The van der Waals surface area contributed by atoms with Crippen LogP contribution in [-0.4, -0.2) is 37.1 Å². The molecule has 1 aromatic carbocycles. The summed E-state index contributed by atoms with van der Waals surface area (Å²) >= 11 is 0. The van der Waals surface area contributed by atoms with Crippen LogP contribution in [0.4, 0.5) is 17.1 Å². The average Bonchev–Trinajstić information content (AvgIpc) is 3.23. The van der Waals surface area contributed by atoms with E-state index >= 15 is 0 Å². The fourth-order valence-corrected chi connectivity index (χ4v) is 3.58. The van der Waals surface area contributed by atoms with Crippen molar-refractivity contribution in [3.63, 3.8) is 0 Å². The number of amides is 1. The van der Waals surface area contributed by atoms with E-state index < -0.39 is 0 Å². The fraction of sp³-hybridized carbons (Fsp3) is 0.455. The van der Waals surface area contributed by atoms with Crippen LogP contribution in [0.1, 0.15) is 50.0 Å². The molecule has 3 rings (SSSR count). The molecule has 2 heterocycles. The Kier molecular flexibility index (Phi) is 6.69. The SMILES string of the molecule is CCCN(CCC)c1ccnc(C(=O)Nc2ccc(N3CCCC3)cc2)c1. The molecule has 1 N–H and O–H groups in total. The Morgan fingerprint density at radius 1 is 1.07 bits per heavy atom. The van der Waals surface area contributed by atoms with Gasteiger partial charge in [0, 0.05) is 49.4 Å². The van der Waals surface area contributed by atoms with Crippen LogP contribution in [0.3, 0.4) is 0 Å². The second-order valence-corrected chi connectivity index (χ2v) is 7.08. The van der Waals surface area contributed by atoms with Crippen molar-refractivity contribution in [2.24, 2.45) is 0 Å². The van der Waals surface area contributed by atoms with Gasteiger partial charge in [-0.1, -0.05) is 13.8 Å². The van der Waals surface area contributed by atoms with Crippen molar-refractivity contribution < 1.29 is 4.79 Å². The van der Waals surface area contributed by atoms with Gasteiger partial charge in [-0.25, -0.2) is 0 Å². The summed E-state index contributed by atoms with van der Waals surface area (Å²) in [5, 5.41) is 2.97. The van der Waals surface area contributed by atoms with Gasteiger partial charge in [0.15, 0.2) is 0 Å². The normalized spacial score (nSPS) is 13.6. The average molecular weight is 367 g/mol. The number of hydrogen-bond acceptors (Lipinski definition) is 4. The Morgan fingerprint density at radius 3 is 2.37 bits per heavy atom. The second kappa shape index (κ2) is 9.40. The maximum Gasteiger partial charge on any atom is 0.274 e. The lowest BCUT2D eigenvalue weighted by Crippen LogP contribution is -2.25. The topological polar surface area (TPSA) is 48.5 Å². The largest absolute Gasteiger partial charge is 0.372 e. The fourth-order valence-electron chi connectivity index (χ4n) is 3.58. The van der Waals surface area contributed by atoms with Gasteiger partial charge in [0.05, 0.1) is 0 Å². The number of pyridine rings is 1. The highest BCUT2D eigenvalue weighted by Gasteiger charge is 2.14. The molecule has 1 aromatic heterocycles. The van der Waals surface area contributed by atoms with Gasteiger partial charge in [-0.15, -0.1) is 0 Å².